The van der Waals surface area contributed by atoms with Gasteiger partial charge in [-0.2, -0.15) is 0 Å². The lowest BCUT2D eigenvalue weighted by Gasteiger charge is -2.47. The average Bonchev–Trinajstić information content (AvgIpc) is 3.03. The molecule has 4 bridgehead atoms. The van der Waals surface area contributed by atoms with Crippen LogP contribution in [0.4, 0.5) is 5.69 Å². The van der Waals surface area contributed by atoms with Crippen molar-refractivity contribution in [2.24, 2.45) is 17.3 Å². The second kappa shape index (κ2) is 5.29. The van der Waals surface area contributed by atoms with Crippen molar-refractivity contribution in [3.05, 3.63) is 29.3 Å². The SMILES string of the molecule is COC(=O)[C@@]12c3cccc4c3[C@@H](C(=O)N4C)C(C)(C)[C@H]3C[C@@H](Cl)[C@@H]1C(=O)O[C@H]32. The van der Waals surface area contributed by atoms with Crippen molar-refractivity contribution in [3.63, 3.8) is 0 Å². The molecule has 0 N–H and O–H groups in total. The van der Waals surface area contributed by atoms with E-state index in [0.29, 0.717) is 12.0 Å². The molecule has 1 saturated carbocycles. The first-order valence-electron chi connectivity index (χ1n) is 9.53. The second-order valence-corrected chi connectivity index (χ2v) is 9.50. The number of benzene rings is 1. The Labute approximate surface area is 168 Å². The van der Waals surface area contributed by atoms with Crippen molar-refractivity contribution < 1.29 is 23.9 Å². The zero-order chi connectivity index (χ0) is 20.2. The van der Waals surface area contributed by atoms with Crippen molar-refractivity contribution in [1.29, 1.82) is 0 Å². The summed E-state index contributed by atoms with van der Waals surface area (Å²) in [6, 6.07) is 5.54. The van der Waals surface area contributed by atoms with Gasteiger partial charge in [-0.1, -0.05) is 26.0 Å². The average molecular weight is 404 g/mol. The van der Waals surface area contributed by atoms with E-state index < -0.39 is 46.1 Å². The molecule has 6 atom stereocenters. The van der Waals surface area contributed by atoms with Crippen LogP contribution in [0.25, 0.3) is 0 Å². The van der Waals surface area contributed by atoms with Crippen LogP contribution >= 0.6 is 11.6 Å². The van der Waals surface area contributed by atoms with Crippen LogP contribution in [0.5, 0.6) is 0 Å². The highest BCUT2D eigenvalue weighted by Crippen LogP contribution is 2.66. The Balaban J connectivity index is 1.95. The molecule has 1 amide bonds. The van der Waals surface area contributed by atoms with Crippen molar-refractivity contribution in [2.45, 2.75) is 43.1 Å². The molecule has 28 heavy (non-hydrogen) atoms. The quantitative estimate of drug-likeness (QED) is 0.531. The lowest BCUT2D eigenvalue weighted by Crippen LogP contribution is -2.59. The fourth-order valence-corrected chi connectivity index (χ4v) is 6.87. The summed E-state index contributed by atoms with van der Waals surface area (Å²) >= 11 is 6.73. The molecule has 2 heterocycles. The number of esters is 2. The number of likely N-dealkylation sites (N-methyl/N-ethyl adjacent to an activating group) is 1. The Kier molecular flexibility index (Phi) is 3.40. The number of rotatable bonds is 1. The van der Waals surface area contributed by atoms with Gasteiger partial charge in [0, 0.05) is 24.0 Å². The maximum Gasteiger partial charge on any atom is 0.321 e. The van der Waals surface area contributed by atoms with Crippen molar-refractivity contribution in [1.82, 2.24) is 0 Å². The van der Waals surface area contributed by atoms with Gasteiger partial charge in [0.05, 0.1) is 18.9 Å². The number of hydrogen-bond donors (Lipinski definition) is 0. The van der Waals surface area contributed by atoms with Crippen LogP contribution in [0.1, 0.15) is 37.3 Å². The van der Waals surface area contributed by atoms with Gasteiger partial charge >= 0.3 is 11.9 Å². The maximum atomic E-state index is 13.4. The van der Waals surface area contributed by atoms with Crippen LogP contribution in [0.15, 0.2) is 18.2 Å². The van der Waals surface area contributed by atoms with Crippen LogP contribution in [-0.2, 0) is 29.3 Å². The van der Waals surface area contributed by atoms with Gasteiger partial charge in [-0.25, -0.2) is 0 Å². The van der Waals surface area contributed by atoms with Crippen molar-refractivity contribution >= 4 is 35.1 Å². The topological polar surface area (TPSA) is 72.9 Å². The second-order valence-electron chi connectivity index (χ2n) is 8.94. The largest absolute Gasteiger partial charge is 0.468 e. The normalized spacial score (nSPS) is 39.3. The summed E-state index contributed by atoms with van der Waals surface area (Å²) < 4.78 is 11.1. The fraction of sp³-hybridized carbons (Fsp3) is 0.571. The zero-order valence-electron chi connectivity index (χ0n) is 16.2. The van der Waals surface area contributed by atoms with Gasteiger partial charge in [0.1, 0.15) is 11.5 Å². The molecule has 1 aromatic rings. The lowest BCUT2D eigenvalue weighted by atomic mass is 9.56. The highest BCUT2D eigenvalue weighted by atomic mass is 35.5. The number of nitrogens with zero attached hydrogens (tertiary/aromatic N) is 1. The Morgan fingerprint density at radius 2 is 2.04 bits per heavy atom. The van der Waals surface area contributed by atoms with Crippen LogP contribution < -0.4 is 4.90 Å². The zero-order valence-corrected chi connectivity index (χ0v) is 16.9. The predicted molar refractivity (Wildman–Crippen MR) is 101 cm³/mol. The van der Waals surface area contributed by atoms with Crippen molar-refractivity contribution in [2.75, 3.05) is 19.1 Å². The molecule has 0 unspecified atom stereocenters. The van der Waals surface area contributed by atoms with Gasteiger partial charge in [-0.05, 0) is 29.0 Å². The summed E-state index contributed by atoms with van der Waals surface area (Å²) in [5, 5.41) is -0.572. The molecule has 0 radical (unpaired) electrons. The van der Waals surface area contributed by atoms with E-state index in [0.717, 1.165) is 11.3 Å². The number of amides is 1. The first-order valence-corrected chi connectivity index (χ1v) is 9.96. The molecule has 0 aromatic heterocycles. The Morgan fingerprint density at radius 1 is 1.32 bits per heavy atom. The van der Waals surface area contributed by atoms with Crippen molar-refractivity contribution in [3.8, 4) is 0 Å². The number of carbonyl (C=O) groups excluding carboxylic acids is 3. The fourth-order valence-electron chi connectivity index (χ4n) is 6.38. The molecule has 0 spiro atoms. The molecular weight excluding hydrogens is 382 g/mol. The molecule has 6 nitrogen and oxygen atoms in total. The summed E-state index contributed by atoms with van der Waals surface area (Å²) in [7, 11) is 3.08. The third-order valence-electron chi connectivity index (χ3n) is 7.62. The summed E-state index contributed by atoms with van der Waals surface area (Å²) in [4.78, 5) is 41.2. The maximum absolute atomic E-state index is 13.4. The third-order valence-corrected chi connectivity index (χ3v) is 8.05. The molecule has 4 aliphatic rings. The number of alkyl halides is 1. The van der Waals surface area contributed by atoms with Gasteiger partial charge in [0.2, 0.25) is 5.91 Å². The molecule has 1 aromatic carbocycles. The monoisotopic (exact) mass is 403 g/mol. The number of ether oxygens (including phenoxy) is 2. The minimum absolute atomic E-state index is 0.00617. The smallest absolute Gasteiger partial charge is 0.321 e. The third kappa shape index (κ3) is 1.70. The van der Waals surface area contributed by atoms with Gasteiger partial charge in [0.25, 0.3) is 0 Å². The van der Waals surface area contributed by atoms with Crippen LogP contribution in [0.2, 0.25) is 0 Å². The summed E-state index contributed by atoms with van der Waals surface area (Å²) in [6.07, 6.45) is -0.191. The number of halogens is 1. The molecule has 2 fully saturated rings. The highest BCUT2D eigenvalue weighted by molar-refractivity contribution is 6.23. The van der Waals surface area contributed by atoms with E-state index in [9.17, 15) is 14.4 Å². The number of methoxy groups -OCH3 is 1. The van der Waals surface area contributed by atoms with E-state index in [-0.39, 0.29) is 11.8 Å². The van der Waals surface area contributed by atoms with E-state index in [1.54, 1.807) is 11.9 Å². The van der Waals surface area contributed by atoms with E-state index in [2.05, 4.69) is 0 Å². The molecule has 2 aliphatic carbocycles. The van der Waals surface area contributed by atoms with Crippen LogP contribution in [0.3, 0.4) is 0 Å². The van der Waals surface area contributed by atoms with E-state index in [4.69, 9.17) is 21.1 Å². The molecule has 148 valence electrons. The molecule has 1 saturated heterocycles. The molecular formula is C21H22ClNO5. The van der Waals surface area contributed by atoms with Gasteiger partial charge in [-0.3, -0.25) is 14.4 Å². The van der Waals surface area contributed by atoms with E-state index >= 15 is 0 Å². The number of hydrogen-bond acceptors (Lipinski definition) is 5. The minimum atomic E-state index is -1.33. The van der Waals surface area contributed by atoms with E-state index in [1.165, 1.54) is 7.11 Å². The van der Waals surface area contributed by atoms with Gasteiger partial charge in [0.15, 0.2) is 0 Å². The molecule has 2 aliphatic heterocycles. The Morgan fingerprint density at radius 3 is 2.71 bits per heavy atom. The van der Waals surface area contributed by atoms with E-state index in [1.807, 2.05) is 32.0 Å². The Bertz CT molecular complexity index is 943. The van der Waals surface area contributed by atoms with Gasteiger partial charge < -0.3 is 14.4 Å². The number of carbonyl (C=O) groups is 3. The highest BCUT2D eigenvalue weighted by Gasteiger charge is 2.75. The summed E-state index contributed by atoms with van der Waals surface area (Å²) in [5.74, 6) is -2.49. The first-order chi connectivity index (χ1) is 13.2. The minimum Gasteiger partial charge on any atom is -0.468 e. The standard InChI is InChI=1S/C21H22ClNO5/c1-20(2)10-8-11(22)14-18(25)28-16(10)21(14,19(26)27-4)9-6-5-7-12-13(9)15(20)17(24)23(12)3/h5-7,10-11,14-16H,8H2,1-4H3/t10-,11+,14+,15-,16+,21-/m0/s1. The van der Waals surface area contributed by atoms with Crippen LogP contribution in [0, 0.1) is 17.3 Å². The number of anilines is 1. The lowest BCUT2D eigenvalue weighted by molar-refractivity contribution is -0.156. The predicted octanol–water partition coefficient (Wildman–Crippen LogP) is 2.37. The summed E-state index contributed by atoms with van der Waals surface area (Å²) in [6.45, 7) is 4.03. The van der Waals surface area contributed by atoms with Gasteiger partial charge in [-0.15, -0.1) is 11.6 Å². The summed E-state index contributed by atoms with van der Waals surface area (Å²) in [5.41, 5.74) is 0.350. The van der Waals surface area contributed by atoms with Crippen LogP contribution in [-0.4, -0.2) is 43.5 Å². The Hall–Kier alpha value is -2.08. The first kappa shape index (κ1) is 18.0. The molecule has 5 rings (SSSR count). The molecule has 7 heteroatoms.